The number of amides is 2. The topological polar surface area (TPSA) is 203 Å². The number of aliphatic hydroxyl groups excluding tert-OH is 2. The Morgan fingerprint density at radius 2 is 1.93 bits per heavy atom. The molecule has 216 valence electrons. The monoisotopic (exact) mass is 564 g/mol. The van der Waals surface area contributed by atoms with Crippen LogP contribution in [0.2, 0.25) is 0 Å². The van der Waals surface area contributed by atoms with Gasteiger partial charge in [-0.1, -0.05) is 19.1 Å². The van der Waals surface area contributed by atoms with Crippen molar-refractivity contribution in [1.29, 1.82) is 0 Å². The number of likely N-dealkylation sites (N-methyl/N-ethyl adjacent to an activating group) is 1. The lowest BCUT2D eigenvalue weighted by Gasteiger charge is -2.50. The van der Waals surface area contributed by atoms with E-state index in [4.69, 9.17) is 5.73 Å². The molecule has 1 fully saturated rings. The van der Waals surface area contributed by atoms with Crippen LogP contribution in [-0.2, 0) is 25.6 Å². The van der Waals surface area contributed by atoms with E-state index in [0.29, 0.717) is 23.4 Å². The molecule has 4 atom stereocenters. The van der Waals surface area contributed by atoms with Crippen LogP contribution in [0.15, 0.2) is 41.2 Å². The molecular formula is C29H32N4O8. The number of Topliss-reactive ketones (excluding diaryl/α,β-unsaturated/α-hetero) is 2. The highest BCUT2D eigenvalue weighted by molar-refractivity contribution is 6.24. The van der Waals surface area contributed by atoms with Crippen molar-refractivity contribution in [3.8, 4) is 5.75 Å². The number of ketones is 2. The number of dihydropyridines is 1. The first-order valence-corrected chi connectivity index (χ1v) is 13.3. The number of aliphatic hydroxyl groups is 3. The zero-order valence-electron chi connectivity index (χ0n) is 22.8. The predicted octanol–water partition coefficient (Wildman–Crippen LogP) is 0.813. The largest absolute Gasteiger partial charge is 0.508 e. The number of phenolic OH excluding ortho intramolecular Hbond substituents is 1. The number of anilines is 1. The number of nitrogens with zero attached hydrogens (tertiary/aromatic N) is 1. The molecule has 1 saturated carbocycles. The van der Waals surface area contributed by atoms with Crippen molar-refractivity contribution >= 4 is 40.5 Å². The fraction of sp³-hybridized carbons (Fsp3) is 0.379. The number of nitrogens with one attached hydrogen (secondary N) is 2. The third kappa shape index (κ3) is 4.05. The van der Waals surface area contributed by atoms with Crippen LogP contribution in [0.3, 0.4) is 0 Å². The fourth-order valence-electron chi connectivity index (χ4n) is 6.53. The van der Waals surface area contributed by atoms with Crippen molar-refractivity contribution in [2.75, 3.05) is 26.0 Å². The maximum Gasteiger partial charge on any atom is 0.255 e. The van der Waals surface area contributed by atoms with Gasteiger partial charge in [0.25, 0.3) is 5.91 Å². The molecule has 12 heteroatoms. The lowest BCUT2D eigenvalue weighted by molar-refractivity contribution is -0.153. The lowest BCUT2D eigenvalue weighted by Crippen LogP contribution is -2.65. The number of hydrogen-bond acceptors (Lipinski definition) is 10. The van der Waals surface area contributed by atoms with Gasteiger partial charge in [-0.05, 0) is 50.6 Å². The number of fused-ring (bicyclic) bond motifs is 3. The molecule has 1 aliphatic heterocycles. The summed E-state index contributed by atoms with van der Waals surface area (Å²) in [6.45, 7) is 2.16. The molecule has 0 bridgehead atoms. The van der Waals surface area contributed by atoms with Gasteiger partial charge in [-0.3, -0.25) is 24.1 Å². The van der Waals surface area contributed by atoms with Crippen LogP contribution >= 0.6 is 0 Å². The van der Waals surface area contributed by atoms with Gasteiger partial charge in [-0.15, -0.1) is 0 Å². The quantitative estimate of drug-likeness (QED) is 0.198. The summed E-state index contributed by atoms with van der Waals surface area (Å²) >= 11 is 0. The number of aromatic hydroxyl groups is 1. The maximum atomic E-state index is 14.1. The zero-order valence-corrected chi connectivity index (χ0v) is 22.8. The Hall–Kier alpha value is -4.42. The first-order valence-electron chi connectivity index (χ1n) is 13.3. The van der Waals surface area contributed by atoms with Gasteiger partial charge in [-0.2, -0.15) is 0 Å². The molecular weight excluding hydrogens is 532 g/mol. The lowest BCUT2D eigenvalue weighted by atomic mass is 9.57. The van der Waals surface area contributed by atoms with Crippen molar-refractivity contribution in [3.63, 3.8) is 0 Å². The minimum Gasteiger partial charge on any atom is -0.508 e. The second-order valence-corrected chi connectivity index (χ2v) is 10.9. The molecule has 12 nitrogen and oxygen atoms in total. The Morgan fingerprint density at radius 3 is 2.51 bits per heavy atom. The van der Waals surface area contributed by atoms with Crippen LogP contribution in [0.5, 0.6) is 5.75 Å². The first kappa shape index (κ1) is 28.1. The van der Waals surface area contributed by atoms with Gasteiger partial charge >= 0.3 is 0 Å². The van der Waals surface area contributed by atoms with Crippen molar-refractivity contribution in [3.05, 3.63) is 57.9 Å². The molecule has 0 aromatic heterocycles. The second-order valence-electron chi connectivity index (χ2n) is 10.9. The molecule has 1 aromatic carbocycles. The highest BCUT2D eigenvalue weighted by Crippen LogP contribution is 2.54. The fourth-order valence-corrected chi connectivity index (χ4v) is 6.53. The van der Waals surface area contributed by atoms with E-state index in [2.05, 4.69) is 10.6 Å². The third-order valence-electron chi connectivity index (χ3n) is 8.42. The first-order chi connectivity index (χ1) is 19.3. The van der Waals surface area contributed by atoms with E-state index in [1.165, 1.54) is 4.90 Å². The van der Waals surface area contributed by atoms with Crippen LogP contribution < -0.4 is 16.4 Å². The zero-order chi connectivity index (χ0) is 30.0. The molecule has 4 aliphatic rings. The van der Waals surface area contributed by atoms with Crippen molar-refractivity contribution in [2.24, 2.45) is 17.6 Å². The highest BCUT2D eigenvalue weighted by Gasteiger charge is 2.64. The molecule has 2 amide bonds. The van der Waals surface area contributed by atoms with Crippen LogP contribution in [0.4, 0.5) is 5.69 Å². The summed E-state index contributed by atoms with van der Waals surface area (Å²) in [4.78, 5) is 53.2. The number of rotatable bonds is 5. The Balaban J connectivity index is 1.76. The average Bonchev–Trinajstić information content (AvgIpc) is 2.92. The standard InChI is InChI=1S/C29H32N4O8/c1-4-18(34)32-17-11-13(16-7-5-6-8-31-16)14-9-12-10-15-22(33(2)3)25(37)21(28(30)40)27(39)29(15,41)26(38)19(12)24(36)20(14)23(17)35/h5-7,11-12,15,22,31,35-36,39,41H,4,8-10H2,1-3H3,(H2,30,40)(H,32,34)/t12-,15-,22-,29-/m0/s1. The van der Waals surface area contributed by atoms with E-state index in [0.717, 1.165) is 0 Å². The molecule has 1 aromatic rings. The van der Waals surface area contributed by atoms with Gasteiger partial charge < -0.3 is 36.8 Å². The van der Waals surface area contributed by atoms with Crippen molar-refractivity contribution in [1.82, 2.24) is 10.2 Å². The number of carbonyl (C=O) groups is 4. The number of phenols is 1. The van der Waals surface area contributed by atoms with Crippen LogP contribution in [0, 0.1) is 11.8 Å². The molecule has 8 N–H and O–H groups in total. The van der Waals surface area contributed by atoms with E-state index in [-0.39, 0.29) is 42.0 Å². The number of primary amides is 1. The summed E-state index contributed by atoms with van der Waals surface area (Å²) in [5, 5.41) is 51.5. The molecule has 5 rings (SSSR count). The molecule has 0 spiro atoms. The van der Waals surface area contributed by atoms with Gasteiger partial charge in [0, 0.05) is 35.7 Å². The molecule has 0 saturated heterocycles. The van der Waals surface area contributed by atoms with Crippen LogP contribution in [-0.4, -0.2) is 81.0 Å². The molecule has 0 unspecified atom stereocenters. The number of benzene rings is 1. The van der Waals surface area contributed by atoms with Crippen molar-refractivity contribution in [2.45, 2.75) is 37.8 Å². The third-order valence-corrected chi connectivity index (χ3v) is 8.42. The Labute approximate surface area is 235 Å². The van der Waals surface area contributed by atoms with Gasteiger partial charge in [-0.25, -0.2) is 0 Å². The molecule has 41 heavy (non-hydrogen) atoms. The van der Waals surface area contributed by atoms with E-state index in [9.17, 15) is 39.6 Å². The van der Waals surface area contributed by atoms with Gasteiger partial charge in [0.2, 0.25) is 11.7 Å². The van der Waals surface area contributed by atoms with Gasteiger partial charge in [0.1, 0.15) is 22.8 Å². The molecule has 1 heterocycles. The summed E-state index contributed by atoms with van der Waals surface area (Å²) in [5.74, 6) is -7.72. The highest BCUT2D eigenvalue weighted by atomic mass is 16.3. The van der Waals surface area contributed by atoms with E-state index in [1.807, 2.05) is 12.2 Å². The predicted molar refractivity (Wildman–Crippen MR) is 148 cm³/mol. The van der Waals surface area contributed by atoms with E-state index in [1.54, 1.807) is 33.2 Å². The van der Waals surface area contributed by atoms with Crippen LogP contribution in [0.1, 0.15) is 36.5 Å². The summed E-state index contributed by atoms with van der Waals surface area (Å²) < 4.78 is 0. The maximum absolute atomic E-state index is 14.1. The second kappa shape index (κ2) is 9.89. The Morgan fingerprint density at radius 1 is 1.22 bits per heavy atom. The molecule has 3 aliphatic carbocycles. The summed E-state index contributed by atoms with van der Waals surface area (Å²) in [7, 11) is 3.09. The van der Waals surface area contributed by atoms with Gasteiger partial charge in [0.15, 0.2) is 11.4 Å². The number of allylic oxidation sites excluding steroid dienone is 2. The van der Waals surface area contributed by atoms with Crippen molar-refractivity contribution < 1.29 is 39.6 Å². The number of carbonyl (C=O) groups excluding carboxylic acids is 4. The smallest absolute Gasteiger partial charge is 0.255 e. The summed E-state index contributed by atoms with van der Waals surface area (Å²) in [5.41, 5.74) is 3.17. The SMILES string of the molecule is CCC(=O)Nc1cc(C2=CC=CCN2)c2c(c1O)C(O)=C1C(=O)[C@]3(O)C(O)=C(C(N)=O)C(=O)[C@@H](N(C)C)[C@@H]3C[C@@H]1C2. The minimum atomic E-state index is -2.73. The summed E-state index contributed by atoms with van der Waals surface area (Å²) in [6, 6.07) is 0.430. The summed E-state index contributed by atoms with van der Waals surface area (Å²) in [6.07, 6.45) is 5.77. The number of nitrogens with two attached hydrogens (primary N) is 1. The average molecular weight is 565 g/mol. The molecule has 0 radical (unpaired) electrons. The van der Waals surface area contributed by atoms with E-state index >= 15 is 0 Å². The number of hydrogen-bond donors (Lipinski definition) is 7. The Kier molecular flexibility index (Phi) is 6.79. The normalized spacial score (nSPS) is 27.1. The minimum absolute atomic E-state index is 0.0167. The Bertz CT molecular complexity index is 1540. The van der Waals surface area contributed by atoms with Gasteiger partial charge in [0.05, 0.1) is 17.3 Å². The van der Waals surface area contributed by atoms with E-state index < -0.39 is 63.8 Å². The van der Waals surface area contributed by atoms with Crippen LogP contribution in [0.25, 0.3) is 11.5 Å².